The van der Waals surface area contributed by atoms with Crippen molar-refractivity contribution in [2.45, 2.75) is 13.0 Å². The average molecular weight is 335 g/mol. The molecule has 0 spiro atoms. The number of alkyl halides is 2. The number of furan rings is 1. The number of aromatic nitrogens is 1. The number of hydrogen-bond donors (Lipinski definition) is 0. The molecule has 0 aliphatic rings. The van der Waals surface area contributed by atoms with E-state index < -0.39 is 18.8 Å². The summed E-state index contributed by atoms with van der Waals surface area (Å²) in [6, 6.07) is 2.83. The molecule has 0 saturated heterocycles. The van der Waals surface area contributed by atoms with Crippen LogP contribution >= 0.6 is 15.9 Å². The Kier molecular flexibility index (Phi) is 4.47. The van der Waals surface area contributed by atoms with Gasteiger partial charge >= 0.3 is 0 Å². The van der Waals surface area contributed by atoms with Crippen molar-refractivity contribution < 1.29 is 17.6 Å². The molecule has 0 radical (unpaired) electrons. The van der Waals surface area contributed by atoms with Crippen LogP contribution in [0.2, 0.25) is 0 Å². The first-order valence-electron chi connectivity index (χ1n) is 5.41. The quantitative estimate of drug-likeness (QED) is 0.778. The monoisotopic (exact) mass is 334 g/mol. The summed E-state index contributed by atoms with van der Waals surface area (Å²) in [5.41, 5.74) is 1.02. The third kappa shape index (κ3) is 3.73. The summed E-state index contributed by atoms with van der Waals surface area (Å²) in [5, 5.41) is 0. The molecule has 3 nitrogen and oxygen atoms in total. The van der Waals surface area contributed by atoms with Crippen LogP contribution in [0.4, 0.5) is 18.9 Å². The molecule has 2 heterocycles. The van der Waals surface area contributed by atoms with Gasteiger partial charge in [-0.05, 0) is 33.6 Å². The lowest BCUT2D eigenvalue weighted by Crippen LogP contribution is -2.28. The summed E-state index contributed by atoms with van der Waals surface area (Å²) in [6.45, 7) is -0.335. The Labute approximate surface area is 116 Å². The predicted octanol–water partition coefficient (Wildman–Crippen LogP) is 3.85. The maximum atomic E-state index is 13.3. The lowest BCUT2D eigenvalue weighted by atomic mass is 10.2. The smallest absolute Gasteiger partial charge is 0.255 e. The number of anilines is 1. The minimum atomic E-state index is -2.50. The largest absolute Gasteiger partial charge is 0.470 e. The number of rotatable bonds is 5. The Hall–Kier alpha value is -1.50. The van der Waals surface area contributed by atoms with Crippen LogP contribution in [0.1, 0.15) is 5.56 Å². The van der Waals surface area contributed by atoms with Gasteiger partial charge in [-0.2, -0.15) is 0 Å². The van der Waals surface area contributed by atoms with Crippen molar-refractivity contribution in [2.75, 3.05) is 11.4 Å². The fraction of sp³-hybridized carbons (Fsp3) is 0.250. The number of nitrogens with zero attached hydrogens (tertiary/aromatic N) is 2. The number of hydrogen-bond acceptors (Lipinski definition) is 3. The Balaban J connectivity index is 2.17. The van der Waals surface area contributed by atoms with E-state index in [0.29, 0.717) is 11.3 Å². The molecular formula is C12H10BrF3N2O. The fourth-order valence-corrected chi connectivity index (χ4v) is 1.85. The predicted molar refractivity (Wildman–Crippen MR) is 67.7 cm³/mol. The third-order valence-corrected chi connectivity index (χ3v) is 3.04. The molecule has 2 aromatic heterocycles. The zero-order valence-electron chi connectivity index (χ0n) is 9.69. The molecule has 0 N–H and O–H groups in total. The maximum absolute atomic E-state index is 13.3. The Morgan fingerprint density at radius 2 is 2.21 bits per heavy atom. The van der Waals surface area contributed by atoms with Gasteiger partial charge in [0.2, 0.25) is 0 Å². The van der Waals surface area contributed by atoms with E-state index in [-0.39, 0.29) is 11.1 Å². The van der Waals surface area contributed by atoms with Gasteiger partial charge < -0.3 is 9.32 Å². The second-order valence-corrected chi connectivity index (χ2v) is 4.62. The van der Waals surface area contributed by atoms with Crippen molar-refractivity contribution in [1.29, 1.82) is 0 Å². The van der Waals surface area contributed by atoms with Crippen molar-refractivity contribution in [3.63, 3.8) is 0 Å². The first kappa shape index (κ1) is 13.9. The number of halogens is 4. The van der Waals surface area contributed by atoms with E-state index in [4.69, 9.17) is 4.42 Å². The summed E-state index contributed by atoms with van der Waals surface area (Å²) in [4.78, 5) is 5.20. The van der Waals surface area contributed by atoms with E-state index in [9.17, 15) is 13.2 Å². The fourth-order valence-electron chi connectivity index (χ4n) is 1.63. The van der Waals surface area contributed by atoms with Gasteiger partial charge in [-0.1, -0.05) is 0 Å². The summed E-state index contributed by atoms with van der Waals surface area (Å²) < 4.78 is 43.4. The van der Waals surface area contributed by atoms with Gasteiger partial charge in [0, 0.05) is 12.7 Å². The van der Waals surface area contributed by atoms with Crippen LogP contribution < -0.4 is 4.90 Å². The second kappa shape index (κ2) is 6.10. The molecule has 0 aliphatic heterocycles. The second-order valence-electron chi connectivity index (χ2n) is 3.87. The highest BCUT2D eigenvalue weighted by Crippen LogP contribution is 2.20. The van der Waals surface area contributed by atoms with E-state index in [1.165, 1.54) is 29.7 Å². The molecule has 2 rings (SSSR count). The van der Waals surface area contributed by atoms with Crippen molar-refractivity contribution in [3.8, 4) is 0 Å². The van der Waals surface area contributed by atoms with Crippen molar-refractivity contribution in [3.05, 3.63) is 46.8 Å². The lowest BCUT2D eigenvalue weighted by molar-refractivity contribution is 0.154. The van der Waals surface area contributed by atoms with Crippen LogP contribution in [-0.4, -0.2) is 18.0 Å². The van der Waals surface area contributed by atoms with Crippen LogP contribution in [0, 0.1) is 5.82 Å². The van der Waals surface area contributed by atoms with Gasteiger partial charge in [0.25, 0.3) is 6.43 Å². The van der Waals surface area contributed by atoms with E-state index in [1.807, 2.05) is 0 Å². The molecule has 0 unspecified atom stereocenters. The molecule has 102 valence electrons. The molecule has 0 aromatic carbocycles. The molecule has 2 aromatic rings. The van der Waals surface area contributed by atoms with Crippen LogP contribution in [0.5, 0.6) is 0 Å². The highest BCUT2D eigenvalue weighted by Gasteiger charge is 2.15. The summed E-state index contributed by atoms with van der Waals surface area (Å²) in [7, 11) is 0. The molecule has 19 heavy (non-hydrogen) atoms. The van der Waals surface area contributed by atoms with Crippen molar-refractivity contribution in [2.24, 2.45) is 0 Å². The summed E-state index contributed by atoms with van der Waals surface area (Å²) >= 11 is 2.94. The summed E-state index contributed by atoms with van der Waals surface area (Å²) in [5.74, 6) is -0.526. The van der Waals surface area contributed by atoms with Gasteiger partial charge in [0.05, 0.1) is 18.5 Å². The van der Waals surface area contributed by atoms with E-state index in [2.05, 4.69) is 20.9 Å². The topological polar surface area (TPSA) is 29.3 Å². The van der Waals surface area contributed by atoms with Gasteiger partial charge in [-0.3, -0.25) is 0 Å². The minimum Gasteiger partial charge on any atom is -0.470 e. The first-order chi connectivity index (χ1) is 9.06. The van der Waals surface area contributed by atoms with Gasteiger partial charge in [0.15, 0.2) is 5.82 Å². The normalized spacial score (nSPS) is 11.0. The lowest BCUT2D eigenvalue weighted by Gasteiger charge is -2.22. The van der Waals surface area contributed by atoms with Gasteiger partial charge in [-0.25, -0.2) is 18.2 Å². The molecule has 0 amide bonds. The Morgan fingerprint density at radius 3 is 2.79 bits per heavy atom. The van der Waals surface area contributed by atoms with Crippen molar-refractivity contribution in [1.82, 2.24) is 4.98 Å². The van der Waals surface area contributed by atoms with E-state index in [0.717, 1.165) is 0 Å². The molecule has 0 fully saturated rings. The standard InChI is InChI=1S/C12H10BrF3N2O/c13-12-10(14)3-8(4-17-12)5-18(6-11(15)16)9-1-2-19-7-9/h1-4,7,11H,5-6H2. The van der Waals surface area contributed by atoms with Crippen LogP contribution in [0.25, 0.3) is 0 Å². The highest BCUT2D eigenvalue weighted by molar-refractivity contribution is 9.10. The molecule has 0 aliphatic carbocycles. The van der Waals surface area contributed by atoms with Crippen LogP contribution in [-0.2, 0) is 6.54 Å². The average Bonchev–Trinajstić information content (AvgIpc) is 2.86. The van der Waals surface area contributed by atoms with Crippen LogP contribution in [0.15, 0.2) is 39.9 Å². The SMILES string of the molecule is Fc1cc(CN(CC(F)F)c2ccoc2)cnc1Br. The zero-order valence-corrected chi connectivity index (χ0v) is 11.3. The molecule has 0 saturated carbocycles. The number of pyridine rings is 1. The highest BCUT2D eigenvalue weighted by atomic mass is 79.9. The molecule has 0 bridgehead atoms. The molecule has 0 atom stereocenters. The first-order valence-corrected chi connectivity index (χ1v) is 6.21. The molecular weight excluding hydrogens is 325 g/mol. The molecule has 7 heteroatoms. The van der Waals surface area contributed by atoms with Gasteiger partial charge in [0.1, 0.15) is 10.9 Å². The van der Waals surface area contributed by atoms with E-state index >= 15 is 0 Å². The third-order valence-electron chi connectivity index (χ3n) is 2.46. The van der Waals surface area contributed by atoms with Crippen LogP contribution in [0.3, 0.4) is 0 Å². The van der Waals surface area contributed by atoms with Gasteiger partial charge in [-0.15, -0.1) is 0 Å². The maximum Gasteiger partial charge on any atom is 0.255 e. The Bertz CT molecular complexity index is 534. The minimum absolute atomic E-state index is 0.0972. The van der Waals surface area contributed by atoms with Crippen molar-refractivity contribution >= 4 is 21.6 Å². The Morgan fingerprint density at radius 1 is 1.42 bits per heavy atom. The summed E-state index contributed by atoms with van der Waals surface area (Å²) in [6.07, 6.45) is 1.70. The van der Waals surface area contributed by atoms with E-state index in [1.54, 1.807) is 6.07 Å². The zero-order chi connectivity index (χ0) is 13.8.